The maximum Gasteiger partial charge on any atom is 0.0579 e. The normalized spacial score (nSPS) is 23.8. The second-order valence-electron chi connectivity index (χ2n) is 27.0. The minimum absolute atomic E-state index is 0.0264. The van der Waals surface area contributed by atoms with Crippen LogP contribution in [0.4, 0.5) is 0 Å². The maximum absolute atomic E-state index is 5.11. The van der Waals surface area contributed by atoms with Gasteiger partial charge in [-0.1, -0.05) is 6.07 Å². The van der Waals surface area contributed by atoms with Gasteiger partial charge in [-0.15, -0.1) is 0 Å². The van der Waals surface area contributed by atoms with Gasteiger partial charge in [0.15, 0.2) is 0 Å². The van der Waals surface area contributed by atoms with Gasteiger partial charge in [-0.05, 0) is 342 Å². The molecule has 0 bridgehead atoms. The molecule has 2 aromatic heterocycles. The molecule has 0 saturated carbocycles. The van der Waals surface area contributed by atoms with E-state index in [0.717, 1.165) is 0 Å². The van der Waals surface area contributed by atoms with E-state index in [1.165, 1.54) is 11.1 Å². The largest absolute Gasteiger partial charge is 0.301 e. The second-order valence-corrected chi connectivity index (χ2v) is 27.0. The molecule has 75 heavy (non-hydrogen) atoms. The van der Waals surface area contributed by atoms with Crippen LogP contribution in [0.3, 0.4) is 0 Å². The van der Waals surface area contributed by atoms with Crippen LogP contribution in [0.1, 0.15) is 45.5 Å². The first-order valence-corrected chi connectivity index (χ1v) is 27.8. The summed E-state index contributed by atoms with van der Waals surface area (Å²) in [7, 11) is 0. The number of rotatable bonds is 2. The summed E-state index contributed by atoms with van der Waals surface area (Å²) in [5.74, 6) is 0. The van der Waals surface area contributed by atoms with Gasteiger partial charge in [-0.25, -0.2) is 0 Å². The zero-order chi connectivity index (χ0) is 44.6. The lowest BCUT2D eigenvalue weighted by Gasteiger charge is -2.53. The van der Waals surface area contributed by atoms with E-state index in [1.54, 1.807) is 313 Å². The zero-order valence-corrected chi connectivity index (χ0v) is 38.2. The topological polar surface area (TPSA) is 37.8 Å². The van der Waals surface area contributed by atoms with Crippen LogP contribution < -0.4 is 5.32 Å². The molecule has 0 amide bonds. The number of pyridine rings is 2. The lowest BCUT2D eigenvalue weighted by atomic mass is 9.45. The van der Waals surface area contributed by atoms with Crippen molar-refractivity contribution in [3.8, 4) is 0 Å². The number of hydrogen-bond acceptors (Lipinski definition) is 3. The molecule has 0 radical (unpaired) electrons. The summed E-state index contributed by atoms with van der Waals surface area (Å²) in [6, 6.07) is 9.45. The van der Waals surface area contributed by atoms with Crippen LogP contribution >= 0.6 is 0 Å². The summed E-state index contributed by atoms with van der Waals surface area (Å²) in [6.45, 7) is 0. The van der Waals surface area contributed by atoms with Gasteiger partial charge >= 0.3 is 0 Å². The van der Waals surface area contributed by atoms with Crippen molar-refractivity contribution in [1.82, 2.24) is 15.3 Å². The van der Waals surface area contributed by atoms with Crippen LogP contribution in [0, 0.1) is 0 Å². The number of nitrogens with one attached hydrogen (secondary N) is 1. The van der Waals surface area contributed by atoms with Crippen LogP contribution in [0.5, 0.6) is 0 Å². The molecule has 35 rings (SSSR count). The zero-order valence-electron chi connectivity index (χ0n) is 38.2. The van der Waals surface area contributed by atoms with Crippen LogP contribution in [-0.4, -0.2) is 9.97 Å². The van der Waals surface area contributed by atoms with Gasteiger partial charge in [0.05, 0.1) is 10.8 Å². The first-order valence-electron chi connectivity index (χ1n) is 27.8. The third kappa shape index (κ3) is 1.56. The van der Waals surface area contributed by atoms with E-state index in [4.69, 9.17) is 15.3 Å². The summed E-state index contributed by atoms with van der Waals surface area (Å²) in [5.41, 5.74) is 8.51. The van der Waals surface area contributed by atoms with Gasteiger partial charge in [0.1, 0.15) is 0 Å². The van der Waals surface area contributed by atoms with Crippen LogP contribution in [-0.2, 0) is 10.8 Å². The lowest BCUT2D eigenvalue weighted by Crippen LogP contribution is -2.52. The Morgan fingerprint density at radius 2 is 0.440 bits per heavy atom. The number of hydrogen-bond donors (Lipinski definition) is 1. The fourth-order valence-electron chi connectivity index (χ4n) is 26.6. The third-order valence-electron chi connectivity index (χ3n) is 26.7. The predicted molar refractivity (Wildman–Crippen MR) is 311 cm³/mol. The molecule has 2 spiro atoms. The molecule has 2 atom stereocenters. The summed E-state index contributed by atoms with van der Waals surface area (Å²) in [4.78, 5) is 9.92. The highest BCUT2D eigenvalue weighted by molar-refractivity contribution is 6.82. The Labute approximate surface area is 409 Å². The molecule has 1 fully saturated rings. The minimum Gasteiger partial charge on any atom is -0.301 e. The third-order valence-corrected chi connectivity index (χ3v) is 26.7. The van der Waals surface area contributed by atoms with E-state index in [-0.39, 0.29) is 12.1 Å². The van der Waals surface area contributed by atoms with E-state index >= 15 is 0 Å². The molecule has 1 aliphatic heterocycles. The molecular weight excluding hydrogens is 907 g/mol. The van der Waals surface area contributed by atoms with Crippen LogP contribution in [0.2, 0.25) is 0 Å². The van der Waals surface area contributed by atoms with E-state index in [2.05, 4.69) is 42.9 Å². The van der Waals surface area contributed by atoms with Crippen molar-refractivity contribution >= 4 is 291 Å². The molecule has 5 aliphatic rings. The Morgan fingerprint density at radius 1 is 0.227 bits per heavy atom. The van der Waals surface area contributed by atoms with Gasteiger partial charge in [0.25, 0.3) is 0 Å². The summed E-state index contributed by atoms with van der Waals surface area (Å²) >= 11 is 0. The van der Waals surface area contributed by atoms with Gasteiger partial charge in [-0.2, -0.15) is 0 Å². The van der Waals surface area contributed by atoms with E-state index in [1.807, 2.05) is 6.20 Å². The highest BCUT2D eigenvalue weighted by Gasteiger charge is 2.77. The smallest absolute Gasteiger partial charge is 0.0579 e. The summed E-state index contributed by atoms with van der Waals surface area (Å²) in [5, 5.41) is 93.3. The summed E-state index contributed by atoms with van der Waals surface area (Å²) in [6.07, 6.45) is 8.49. The van der Waals surface area contributed by atoms with Crippen LogP contribution in [0.15, 0.2) is 49.1 Å². The Bertz CT molecular complexity index is 7110. The van der Waals surface area contributed by atoms with Gasteiger partial charge in [-0.3, -0.25) is 9.97 Å². The van der Waals surface area contributed by atoms with Crippen molar-refractivity contribution < 1.29 is 0 Å². The Morgan fingerprint density at radius 3 is 0.653 bits per heavy atom. The highest BCUT2D eigenvalue weighted by atomic mass is 15.1. The molecule has 3 heterocycles. The van der Waals surface area contributed by atoms with Crippen molar-refractivity contribution in [2.24, 2.45) is 0 Å². The average Bonchev–Trinajstić information content (AvgIpc) is 3.38. The van der Waals surface area contributed by atoms with Crippen molar-refractivity contribution in [3.63, 3.8) is 0 Å². The van der Waals surface area contributed by atoms with E-state index in [0.29, 0.717) is 0 Å². The predicted octanol–water partition coefficient (Wildman–Crippen LogP) is 18.2. The summed E-state index contributed by atoms with van der Waals surface area (Å²) < 4.78 is 0. The molecule has 4 aliphatic carbocycles. The number of benzene rings is 18. The molecule has 30 aromatic rings. The maximum atomic E-state index is 5.11. The minimum atomic E-state index is -0.477. The Kier molecular flexibility index (Phi) is 2.48. The number of aromatic nitrogens is 2. The second kappa shape index (κ2) is 6.59. The SMILES string of the molecule is c1cncc([C@H]2N[C@@H](c3ccncc3)C34c5c6c7c8c9c%10c(c%11c%12c3c3c5c5c%13c6c6c7c7c9c9c%14c%10c%10c%11c%11c%12c%12c3c3c5c5c%13c%13c6c6c7c9c7c9c%14c%10c%10c%11c%11c%12c3c3c5c5c%13c6c7c6c9c%10c%11c3c56)C824)c1. The van der Waals surface area contributed by atoms with Crippen LogP contribution in [0.25, 0.3) is 291 Å². The van der Waals surface area contributed by atoms with Crippen molar-refractivity contribution in [3.05, 3.63) is 82.4 Å². The molecule has 3 heteroatoms. The molecule has 3 nitrogen and oxygen atoms in total. The van der Waals surface area contributed by atoms with Gasteiger partial charge in [0, 0.05) is 36.9 Å². The fraction of sp³-hybridized carbons (Fsp3) is 0.0556. The van der Waals surface area contributed by atoms with E-state index in [9.17, 15) is 0 Å². The Hall–Kier alpha value is -9.28. The van der Waals surface area contributed by atoms with Gasteiger partial charge < -0.3 is 5.32 Å². The molecule has 0 unspecified atom stereocenters. The highest BCUT2D eigenvalue weighted by Crippen LogP contribution is 2.88. The van der Waals surface area contributed by atoms with E-state index < -0.39 is 10.8 Å². The molecule has 1 saturated heterocycles. The molecule has 1 N–H and O–H groups in total. The monoisotopic (exact) mass is 917 g/mol. The van der Waals surface area contributed by atoms with Gasteiger partial charge in [0.2, 0.25) is 0 Å². The molecule has 314 valence electrons. The quantitative estimate of drug-likeness (QED) is 0.176. The van der Waals surface area contributed by atoms with Crippen molar-refractivity contribution in [1.29, 1.82) is 0 Å². The first-order chi connectivity index (χ1) is 37.4. The fourth-order valence-corrected chi connectivity index (χ4v) is 26.6. The first kappa shape index (κ1) is 28.2. The average molecular weight is 918 g/mol. The number of nitrogens with zero attached hydrogens (tertiary/aromatic N) is 2. The Balaban J connectivity index is 1.14. The van der Waals surface area contributed by atoms with Crippen molar-refractivity contribution in [2.45, 2.75) is 22.9 Å². The lowest BCUT2D eigenvalue weighted by molar-refractivity contribution is 0.334. The molecule has 28 aromatic carbocycles. The standard InChI is InChI=1S/C72H11N3/c1-2-10(8-74-5-1)70-72-67-59-51-41-31-23-15-12-11-13-17-19(15)27-33-25(17)35-29-21(13)22-14(11)18-20-16(12)24(23)32-38-28(20)34-26(18)36-30(22)40-39(29)49-43(35)53-47(33)55(45(51)37(27)31)63(67)61(53)65-57(49)58-50(40)44(36)54-48(34)56-46(38)52(42(32)41)60(59)68(72)64(56)62(54)66(58)71(65,72)69(75-70)9-3-6-73-7-4-9/h1-8,69-70,75H/t69-,70+,71?,72?/m0/s1. The van der Waals surface area contributed by atoms with Crippen molar-refractivity contribution in [2.75, 3.05) is 0 Å². The molecular formula is C72H11N3.